The predicted octanol–water partition coefficient (Wildman–Crippen LogP) is 2.05. The average Bonchev–Trinajstić information content (AvgIpc) is 2.95. The summed E-state index contributed by atoms with van der Waals surface area (Å²) in [6.45, 7) is 0.238. The smallest absolute Gasteiger partial charge is 0.392 e. The minimum Gasteiger partial charge on any atom is -0.392 e. The van der Waals surface area contributed by atoms with Gasteiger partial charge in [-0.2, -0.15) is 9.78 Å². The van der Waals surface area contributed by atoms with E-state index in [1.165, 1.54) is 4.68 Å². The van der Waals surface area contributed by atoms with Gasteiger partial charge in [-0.05, 0) is 11.1 Å². The molecule has 2 aromatic carbocycles. The number of rotatable bonds is 6. The van der Waals surface area contributed by atoms with Crippen molar-refractivity contribution in [1.29, 1.82) is 0 Å². The summed E-state index contributed by atoms with van der Waals surface area (Å²) in [7, 11) is 1.72. The lowest BCUT2D eigenvalue weighted by Gasteiger charge is -2.05. The molecule has 3 aromatic rings. The molecule has 6 heteroatoms. The van der Waals surface area contributed by atoms with Crippen molar-refractivity contribution in [3.63, 3.8) is 0 Å². The van der Waals surface area contributed by atoms with E-state index in [2.05, 4.69) is 15.6 Å². The first-order valence-corrected chi connectivity index (χ1v) is 7.66. The van der Waals surface area contributed by atoms with Crippen molar-refractivity contribution >= 4 is 5.71 Å². The lowest BCUT2D eigenvalue weighted by Crippen LogP contribution is -2.23. The van der Waals surface area contributed by atoms with Crippen molar-refractivity contribution in [1.82, 2.24) is 15.2 Å². The van der Waals surface area contributed by atoms with Gasteiger partial charge in [0.25, 0.3) is 0 Å². The van der Waals surface area contributed by atoms with Crippen molar-refractivity contribution in [2.75, 3.05) is 7.05 Å². The van der Waals surface area contributed by atoms with Crippen molar-refractivity contribution in [2.24, 2.45) is 5.10 Å². The van der Waals surface area contributed by atoms with Crippen LogP contribution in [0.1, 0.15) is 17.0 Å². The standard InChI is InChI=1S/C18H18N4O2/c1-19-20-16(15-10-6-3-7-11-15)13-22-18(23)24-17(21-22)12-14-8-4-2-5-9-14/h2-11,19H,12-13H2,1H3/b20-16+. The summed E-state index contributed by atoms with van der Waals surface area (Å²) in [5.41, 5.74) is 5.44. The van der Waals surface area contributed by atoms with Crippen LogP contribution >= 0.6 is 0 Å². The number of nitrogens with one attached hydrogen (secondary N) is 1. The highest BCUT2D eigenvalue weighted by Gasteiger charge is 2.12. The highest BCUT2D eigenvalue weighted by molar-refractivity contribution is 6.00. The zero-order chi connectivity index (χ0) is 16.8. The Labute approximate surface area is 139 Å². The van der Waals surface area contributed by atoms with Gasteiger partial charge in [-0.1, -0.05) is 60.7 Å². The molecule has 6 nitrogen and oxygen atoms in total. The van der Waals surface area contributed by atoms with Crippen LogP contribution in [0.15, 0.2) is 75.0 Å². The molecule has 0 spiro atoms. The van der Waals surface area contributed by atoms with Gasteiger partial charge in [0.2, 0.25) is 5.89 Å². The van der Waals surface area contributed by atoms with Gasteiger partial charge in [0.05, 0.1) is 18.7 Å². The van der Waals surface area contributed by atoms with Crippen molar-refractivity contribution in [3.05, 3.63) is 88.2 Å². The molecule has 0 aliphatic heterocycles. The van der Waals surface area contributed by atoms with Crippen LogP contribution < -0.4 is 11.2 Å². The second-order valence-corrected chi connectivity index (χ2v) is 5.23. The van der Waals surface area contributed by atoms with Gasteiger partial charge in [-0.3, -0.25) is 0 Å². The van der Waals surface area contributed by atoms with Crippen LogP contribution in [0.2, 0.25) is 0 Å². The molecule has 1 N–H and O–H groups in total. The first kappa shape index (κ1) is 15.7. The molecule has 1 aromatic heterocycles. The number of hydrogen-bond donors (Lipinski definition) is 1. The zero-order valence-corrected chi connectivity index (χ0v) is 13.3. The second kappa shape index (κ2) is 7.41. The molecule has 24 heavy (non-hydrogen) atoms. The molecule has 0 bridgehead atoms. The molecular weight excluding hydrogens is 304 g/mol. The Morgan fingerprint density at radius 3 is 2.46 bits per heavy atom. The average molecular weight is 322 g/mol. The monoisotopic (exact) mass is 322 g/mol. The topological polar surface area (TPSA) is 72.4 Å². The fourth-order valence-electron chi connectivity index (χ4n) is 2.39. The largest absolute Gasteiger partial charge is 0.437 e. The van der Waals surface area contributed by atoms with Gasteiger partial charge in [0.15, 0.2) is 0 Å². The molecule has 0 saturated carbocycles. The minimum absolute atomic E-state index is 0.238. The third-order valence-corrected chi connectivity index (χ3v) is 3.50. The Kier molecular flexibility index (Phi) is 4.86. The van der Waals surface area contributed by atoms with E-state index < -0.39 is 5.76 Å². The highest BCUT2D eigenvalue weighted by Crippen LogP contribution is 2.06. The van der Waals surface area contributed by atoms with E-state index in [1.807, 2.05) is 60.7 Å². The Morgan fingerprint density at radius 1 is 1.12 bits per heavy atom. The van der Waals surface area contributed by atoms with E-state index in [0.29, 0.717) is 18.0 Å². The van der Waals surface area contributed by atoms with E-state index in [1.54, 1.807) is 7.05 Å². The number of hydrazone groups is 1. The van der Waals surface area contributed by atoms with Gasteiger partial charge in [0, 0.05) is 7.05 Å². The molecule has 0 amide bonds. The highest BCUT2D eigenvalue weighted by atomic mass is 16.4. The maximum absolute atomic E-state index is 12.1. The van der Waals surface area contributed by atoms with E-state index in [9.17, 15) is 4.79 Å². The summed E-state index contributed by atoms with van der Waals surface area (Å²) in [6.07, 6.45) is 0.479. The fourth-order valence-corrected chi connectivity index (χ4v) is 2.39. The van der Waals surface area contributed by atoms with Crippen LogP contribution in [0.3, 0.4) is 0 Å². The minimum atomic E-state index is -0.485. The summed E-state index contributed by atoms with van der Waals surface area (Å²) < 4.78 is 6.55. The van der Waals surface area contributed by atoms with E-state index in [4.69, 9.17) is 4.42 Å². The molecule has 0 aliphatic rings. The Morgan fingerprint density at radius 2 is 1.79 bits per heavy atom. The van der Waals surface area contributed by atoms with Crippen molar-refractivity contribution in [2.45, 2.75) is 13.0 Å². The molecule has 122 valence electrons. The predicted molar refractivity (Wildman–Crippen MR) is 92.0 cm³/mol. The van der Waals surface area contributed by atoms with E-state index in [-0.39, 0.29) is 6.54 Å². The summed E-state index contributed by atoms with van der Waals surface area (Å²) in [4.78, 5) is 12.1. The fraction of sp³-hybridized carbons (Fsp3) is 0.167. The maximum Gasteiger partial charge on any atom is 0.437 e. The lowest BCUT2D eigenvalue weighted by molar-refractivity contribution is 0.459. The van der Waals surface area contributed by atoms with Crippen molar-refractivity contribution in [3.8, 4) is 0 Å². The van der Waals surface area contributed by atoms with Gasteiger partial charge in [-0.25, -0.2) is 4.79 Å². The molecule has 0 radical (unpaired) electrons. The molecule has 0 unspecified atom stereocenters. The zero-order valence-electron chi connectivity index (χ0n) is 13.3. The Balaban J connectivity index is 1.82. The van der Waals surface area contributed by atoms with E-state index in [0.717, 1.165) is 11.1 Å². The third kappa shape index (κ3) is 3.78. The summed E-state index contributed by atoms with van der Waals surface area (Å²) in [5, 5.41) is 8.53. The van der Waals surface area contributed by atoms with Crippen LogP contribution in [0, 0.1) is 0 Å². The maximum atomic E-state index is 12.1. The normalized spacial score (nSPS) is 11.5. The molecular formula is C18H18N4O2. The third-order valence-electron chi connectivity index (χ3n) is 3.50. The lowest BCUT2D eigenvalue weighted by atomic mass is 10.1. The van der Waals surface area contributed by atoms with Crippen LogP contribution in [-0.2, 0) is 13.0 Å². The Hall–Kier alpha value is -3.15. The van der Waals surface area contributed by atoms with Gasteiger partial charge in [-0.15, -0.1) is 5.10 Å². The summed E-state index contributed by atoms with van der Waals surface area (Å²) in [6, 6.07) is 19.4. The number of aromatic nitrogens is 2. The number of benzene rings is 2. The molecule has 0 aliphatic carbocycles. The van der Waals surface area contributed by atoms with Gasteiger partial charge < -0.3 is 9.84 Å². The van der Waals surface area contributed by atoms with Crippen LogP contribution in [-0.4, -0.2) is 22.5 Å². The van der Waals surface area contributed by atoms with Crippen LogP contribution in [0.5, 0.6) is 0 Å². The van der Waals surface area contributed by atoms with Crippen molar-refractivity contribution < 1.29 is 4.42 Å². The SMILES string of the molecule is CN/N=C(\Cn1nc(Cc2ccccc2)oc1=O)c1ccccc1. The first-order valence-electron chi connectivity index (χ1n) is 7.66. The van der Waals surface area contributed by atoms with Gasteiger partial charge >= 0.3 is 5.76 Å². The van der Waals surface area contributed by atoms with Crippen LogP contribution in [0.4, 0.5) is 0 Å². The molecule has 1 heterocycles. The summed E-state index contributed by atoms with van der Waals surface area (Å²) in [5.74, 6) is -0.0938. The molecule has 0 saturated heterocycles. The Bertz CT molecular complexity index is 867. The molecule has 3 rings (SSSR count). The summed E-state index contributed by atoms with van der Waals surface area (Å²) >= 11 is 0. The number of hydrogen-bond acceptors (Lipinski definition) is 5. The van der Waals surface area contributed by atoms with Gasteiger partial charge in [0.1, 0.15) is 0 Å². The van der Waals surface area contributed by atoms with Crippen LogP contribution in [0.25, 0.3) is 0 Å². The quantitative estimate of drug-likeness (QED) is 0.557. The second-order valence-electron chi connectivity index (χ2n) is 5.23. The molecule has 0 atom stereocenters. The first-order chi connectivity index (χ1) is 11.8. The molecule has 0 fully saturated rings. The van der Waals surface area contributed by atoms with E-state index >= 15 is 0 Å². The number of nitrogens with zero attached hydrogens (tertiary/aromatic N) is 3.